The molecule has 0 spiro atoms. The van der Waals surface area contributed by atoms with Crippen LogP contribution in [-0.2, 0) is 9.84 Å². The Morgan fingerprint density at radius 2 is 2.08 bits per heavy atom. The van der Waals surface area contributed by atoms with Crippen LogP contribution in [0.5, 0.6) is 0 Å². The van der Waals surface area contributed by atoms with Gasteiger partial charge in [-0.15, -0.1) is 16.4 Å². The molecule has 2 heterocycles. The van der Waals surface area contributed by atoms with E-state index in [0.29, 0.717) is 5.89 Å². The van der Waals surface area contributed by atoms with E-state index in [-0.39, 0.29) is 22.2 Å². The van der Waals surface area contributed by atoms with Crippen LogP contribution in [0.4, 0.5) is 6.01 Å². The summed E-state index contributed by atoms with van der Waals surface area (Å²) in [6.45, 7) is 1.55. The third kappa shape index (κ3) is 3.36. The zero-order valence-corrected chi connectivity index (χ0v) is 14.2. The van der Waals surface area contributed by atoms with E-state index in [1.165, 1.54) is 35.6 Å². The number of hydrogen-bond donors (Lipinski definition) is 1. The van der Waals surface area contributed by atoms with E-state index in [9.17, 15) is 13.2 Å². The van der Waals surface area contributed by atoms with Gasteiger partial charge < -0.3 is 4.42 Å². The van der Waals surface area contributed by atoms with Crippen molar-refractivity contribution in [2.75, 3.05) is 11.1 Å². The van der Waals surface area contributed by atoms with Crippen LogP contribution in [0.1, 0.15) is 17.3 Å². The summed E-state index contributed by atoms with van der Waals surface area (Å²) in [5, 5.41) is 12.0. The normalized spacial score (nSPS) is 11.4. The fraction of sp³-hybridized carbons (Fsp3) is 0.133. The topological polar surface area (TPSA) is 102 Å². The minimum Gasteiger partial charge on any atom is -0.402 e. The average Bonchev–Trinajstić information content (AvgIpc) is 3.26. The summed E-state index contributed by atoms with van der Waals surface area (Å²) in [7, 11) is -3.38. The summed E-state index contributed by atoms with van der Waals surface area (Å²) >= 11 is 1.44. The molecule has 3 aromatic rings. The lowest BCUT2D eigenvalue weighted by Gasteiger charge is -2.04. The maximum absolute atomic E-state index is 12.2. The standard InChI is InChI=1S/C15H13N3O4S2/c1-2-24(20,21)11-6-3-5-10(9-11)13(19)16-15-18-17-14(22-15)12-7-4-8-23-12/h3-9H,2H2,1H3,(H,16,18,19). The summed E-state index contributed by atoms with van der Waals surface area (Å²) in [5.74, 6) is -0.251. The molecule has 0 aliphatic carbocycles. The van der Waals surface area contributed by atoms with Gasteiger partial charge in [0.25, 0.3) is 11.8 Å². The Morgan fingerprint density at radius 3 is 2.79 bits per heavy atom. The molecule has 1 aromatic carbocycles. The Morgan fingerprint density at radius 1 is 1.25 bits per heavy atom. The number of thiophene rings is 1. The monoisotopic (exact) mass is 363 g/mol. The first-order chi connectivity index (χ1) is 11.5. The van der Waals surface area contributed by atoms with Crippen LogP contribution in [0, 0.1) is 0 Å². The first kappa shape index (κ1) is 16.3. The first-order valence-corrected chi connectivity index (χ1v) is 9.54. The van der Waals surface area contributed by atoms with E-state index < -0.39 is 15.7 Å². The van der Waals surface area contributed by atoms with E-state index in [4.69, 9.17) is 4.42 Å². The summed E-state index contributed by atoms with van der Waals surface area (Å²) in [6.07, 6.45) is 0. The Kier molecular flexibility index (Phi) is 4.45. The molecule has 1 N–H and O–H groups in total. The Labute approximate surface area is 142 Å². The molecule has 24 heavy (non-hydrogen) atoms. The van der Waals surface area contributed by atoms with Gasteiger partial charge in [-0.3, -0.25) is 10.1 Å². The van der Waals surface area contributed by atoms with E-state index in [0.717, 1.165) is 4.88 Å². The van der Waals surface area contributed by atoms with Crippen molar-refractivity contribution in [3.05, 3.63) is 47.3 Å². The van der Waals surface area contributed by atoms with E-state index in [1.807, 2.05) is 17.5 Å². The lowest BCUT2D eigenvalue weighted by atomic mass is 10.2. The molecule has 0 atom stereocenters. The number of carbonyl (C=O) groups is 1. The average molecular weight is 363 g/mol. The molecule has 0 bridgehead atoms. The highest BCUT2D eigenvalue weighted by Gasteiger charge is 2.16. The molecular weight excluding hydrogens is 350 g/mol. The maximum Gasteiger partial charge on any atom is 0.322 e. The smallest absolute Gasteiger partial charge is 0.322 e. The lowest BCUT2D eigenvalue weighted by molar-refractivity contribution is 0.102. The zero-order valence-electron chi connectivity index (χ0n) is 12.6. The number of nitrogens with zero attached hydrogens (tertiary/aromatic N) is 2. The molecule has 0 fully saturated rings. The van der Waals surface area contributed by atoms with Crippen LogP contribution >= 0.6 is 11.3 Å². The predicted octanol–water partition coefficient (Wildman–Crippen LogP) is 2.84. The van der Waals surface area contributed by atoms with Crippen LogP contribution < -0.4 is 5.32 Å². The third-order valence-electron chi connectivity index (χ3n) is 3.21. The fourth-order valence-corrected chi connectivity index (χ4v) is 3.51. The number of carbonyl (C=O) groups excluding carboxylic acids is 1. The van der Waals surface area contributed by atoms with Crippen LogP contribution in [0.2, 0.25) is 0 Å². The number of nitrogens with one attached hydrogen (secondary N) is 1. The Bertz CT molecular complexity index is 962. The van der Waals surface area contributed by atoms with Gasteiger partial charge in [-0.25, -0.2) is 8.42 Å². The second-order valence-electron chi connectivity index (χ2n) is 4.78. The molecule has 0 saturated carbocycles. The van der Waals surface area contributed by atoms with Gasteiger partial charge in [0.1, 0.15) is 0 Å². The lowest BCUT2D eigenvalue weighted by Crippen LogP contribution is -2.13. The molecule has 0 radical (unpaired) electrons. The molecule has 1 amide bonds. The van der Waals surface area contributed by atoms with Crippen LogP contribution in [-0.4, -0.2) is 30.3 Å². The van der Waals surface area contributed by atoms with Crippen molar-refractivity contribution in [1.29, 1.82) is 0 Å². The Hall–Kier alpha value is -2.52. The molecule has 2 aromatic heterocycles. The van der Waals surface area contributed by atoms with Crippen LogP contribution in [0.25, 0.3) is 10.8 Å². The number of rotatable bonds is 5. The van der Waals surface area contributed by atoms with Gasteiger partial charge in [0, 0.05) is 5.56 Å². The molecule has 0 saturated heterocycles. The van der Waals surface area contributed by atoms with Crippen molar-refractivity contribution >= 4 is 33.1 Å². The van der Waals surface area contributed by atoms with Crippen molar-refractivity contribution < 1.29 is 17.6 Å². The largest absolute Gasteiger partial charge is 0.402 e. The van der Waals surface area contributed by atoms with Crippen LogP contribution in [0.3, 0.4) is 0 Å². The van der Waals surface area contributed by atoms with Gasteiger partial charge in [0.2, 0.25) is 0 Å². The molecular formula is C15H13N3O4S2. The second kappa shape index (κ2) is 6.54. The molecule has 7 nitrogen and oxygen atoms in total. The van der Waals surface area contributed by atoms with Gasteiger partial charge >= 0.3 is 6.01 Å². The van der Waals surface area contributed by atoms with Gasteiger partial charge in [-0.1, -0.05) is 24.2 Å². The van der Waals surface area contributed by atoms with E-state index in [2.05, 4.69) is 15.5 Å². The highest BCUT2D eigenvalue weighted by atomic mass is 32.2. The van der Waals surface area contributed by atoms with Crippen molar-refractivity contribution in [3.63, 3.8) is 0 Å². The predicted molar refractivity (Wildman–Crippen MR) is 89.7 cm³/mol. The number of sulfone groups is 1. The number of benzene rings is 1. The van der Waals surface area contributed by atoms with Gasteiger partial charge in [0.15, 0.2) is 9.84 Å². The van der Waals surface area contributed by atoms with Gasteiger partial charge in [-0.2, -0.15) is 0 Å². The third-order valence-corrected chi connectivity index (χ3v) is 5.80. The minimum absolute atomic E-state index is 0.0358. The first-order valence-electron chi connectivity index (χ1n) is 7.01. The van der Waals surface area contributed by atoms with Crippen molar-refractivity contribution in [2.24, 2.45) is 0 Å². The summed E-state index contributed by atoms with van der Waals surface area (Å²) in [6, 6.07) is 9.43. The number of hydrogen-bond acceptors (Lipinski definition) is 7. The van der Waals surface area contributed by atoms with Crippen LogP contribution in [0.15, 0.2) is 51.1 Å². The van der Waals surface area contributed by atoms with Crippen molar-refractivity contribution in [2.45, 2.75) is 11.8 Å². The van der Waals surface area contributed by atoms with Gasteiger partial charge in [-0.05, 0) is 29.6 Å². The molecule has 3 rings (SSSR count). The van der Waals surface area contributed by atoms with Crippen molar-refractivity contribution in [3.8, 4) is 10.8 Å². The fourth-order valence-electron chi connectivity index (χ4n) is 1.94. The zero-order chi connectivity index (χ0) is 17.2. The highest BCUT2D eigenvalue weighted by molar-refractivity contribution is 7.91. The molecule has 0 aliphatic rings. The SMILES string of the molecule is CCS(=O)(=O)c1cccc(C(=O)Nc2nnc(-c3cccs3)o2)c1. The number of amides is 1. The molecule has 0 aliphatic heterocycles. The van der Waals surface area contributed by atoms with E-state index >= 15 is 0 Å². The van der Waals surface area contributed by atoms with Crippen molar-refractivity contribution in [1.82, 2.24) is 10.2 Å². The molecule has 124 valence electrons. The number of anilines is 1. The summed E-state index contributed by atoms with van der Waals surface area (Å²) in [4.78, 5) is 13.1. The second-order valence-corrected chi connectivity index (χ2v) is 8.00. The number of aromatic nitrogens is 2. The summed E-state index contributed by atoms with van der Waals surface area (Å²) < 4.78 is 29.2. The van der Waals surface area contributed by atoms with E-state index in [1.54, 1.807) is 6.92 Å². The minimum atomic E-state index is -3.38. The maximum atomic E-state index is 12.2. The van der Waals surface area contributed by atoms with Gasteiger partial charge in [0.05, 0.1) is 15.5 Å². The highest BCUT2D eigenvalue weighted by Crippen LogP contribution is 2.24. The molecule has 0 unspecified atom stereocenters. The molecule has 9 heteroatoms. The Balaban J connectivity index is 1.80. The quantitative estimate of drug-likeness (QED) is 0.748. The summed E-state index contributed by atoms with van der Waals surface area (Å²) in [5.41, 5.74) is 0.195.